The number of hydrogen-bond acceptors (Lipinski definition) is 3. The zero-order chi connectivity index (χ0) is 27.3. The zero-order valence-electron chi connectivity index (χ0n) is 21.3. The van der Waals surface area contributed by atoms with Gasteiger partial charge in [0.05, 0.1) is 25.0 Å². The maximum absolute atomic E-state index is 13.3. The maximum atomic E-state index is 13.3. The molecule has 1 aliphatic heterocycles. The number of amides is 1. The number of esters is 1. The number of halogens is 4. The van der Waals surface area contributed by atoms with Crippen LogP contribution in [0.3, 0.4) is 0 Å². The first-order valence-electron chi connectivity index (χ1n) is 12.8. The molecule has 0 bridgehead atoms. The molecule has 1 atom stereocenters. The first-order valence-corrected chi connectivity index (χ1v) is 13.6. The van der Waals surface area contributed by atoms with E-state index < -0.39 is 11.7 Å². The van der Waals surface area contributed by atoms with Crippen molar-refractivity contribution in [2.75, 3.05) is 33.4 Å². The summed E-state index contributed by atoms with van der Waals surface area (Å²) in [5.41, 5.74) is 1.37. The van der Waals surface area contributed by atoms with Crippen molar-refractivity contribution in [1.29, 1.82) is 0 Å². The van der Waals surface area contributed by atoms with E-state index in [0.717, 1.165) is 22.5 Å². The lowest BCUT2D eigenvalue weighted by Crippen LogP contribution is -2.44. The second-order valence-corrected chi connectivity index (χ2v) is 10.8. The van der Waals surface area contributed by atoms with E-state index in [2.05, 4.69) is 26.7 Å². The van der Waals surface area contributed by atoms with E-state index in [1.807, 2.05) is 12.1 Å². The number of carbonyl (C=O) groups excluding carboxylic acids is 2. The lowest BCUT2D eigenvalue weighted by Gasteiger charge is -2.40. The number of fused-ring (bicyclic) bond motifs is 2. The molecular weight excluding hydrogens is 563 g/mol. The van der Waals surface area contributed by atoms with E-state index in [1.54, 1.807) is 12.0 Å². The monoisotopic (exact) mass is 594 g/mol. The predicted octanol–water partition coefficient (Wildman–Crippen LogP) is 6.01. The summed E-state index contributed by atoms with van der Waals surface area (Å²) < 4.78 is 50.3. The summed E-state index contributed by atoms with van der Waals surface area (Å²) in [6.45, 7) is 2.00. The molecule has 0 saturated carbocycles. The number of nitrogens with zero attached hydrogens (tertiary/aromatic N) is 1. The Bertz CT molecular complexity index is 1190. The van der Waals surface area contributed by atoms with Gasteiger partial charge in [0.15, 0.2) is 0 Å². The highest BCUT2D eigenvalue weighted by molar-refractivity contribution is 9.10. The van der Waals surface area contributed by atoms with Crippen molar-refractivity contribution in [3.8, 4) is 0 Å². The van der Waals surface area contributed by atoms with Gasteiger partial charge < -0.3 is 14.4 Å². The molecule has 1 fully saturated rings. The Morgan fingerprint density at radius 2 is 1.89 bits per heavy atom. The van der Waals surface area contributed by atoms with Crippen LogP contribution in [0.15, 0.2) is 53.0 Å². The van der Waals surface area contributed by atoms with Crippen LogP contribution in [-0.2, 0) is 25.9 Å². The van der Waals surface area contributed by atoms with Gasteiger partial charge in [-0.3, -0.25) is 9.59 Å². The predicted molar refractivity (Wildman–Crippen MR) is 143 cm³/mol. The zero-order valence-corrected chi connectivity index (χ0v) is 22.9. The number of likely N-dealkylation sites (tertiary alicyclic amines) is 1. The van der Waals surface area contributed by atoms with Crippen LogP contribution in [0, 0.1) is 0 Å². The summed E-state index contributed by atoms with van der Waals surface area (Å²) in [7, 11) is 1.73. The van der Waals surface area contributed by atoms with E-state index in [1.165, 1.54) is 35.9 Å². The van der Waals surface area contributed by atoms with Crippen molar-refractivity contribution in [3.05, 3.63) is 75.3 Å². The second-order valence-electron chi connectivity index (χ2n) is 9.95. The Kier molecular flexibility index (Phi) is 8.98. The summed E-state index contributed by atoms with van der Waals surface area (Å²) in [6, 6.07) is 11.3. The minimum atomic E-state index is -4.49. The van der Waals surface area contributed by atoms with Crippen LogP contribution in [0.1, 0.15) is 60.3 Å². The largest absolute Gasteiger partial charge is 0.465 e. The molecule has 1 saturated heterocycles. The van der Waals surface area contributed by atoms with Crippen LogP contribution in [-0.4, -0.2) is 54.9 Å². The molecule has 204 valence electrons. The lowest BCUT2D eigenvalue weighted by atomic mass is 9.73. The molecule has 2 aliphatic rings. The van der Waals surface area contributed by atoms with Gasteiger partial charge >= 0.3 is 12.1 Å². The molecule has 1 amide bonds. The average molecular weight is 595 g/mol. The van der Waals surface area contributed by atoms with E-state index in [0.29, 0.717) is 52.0 Å². The van der Waals surface area contributed by atoms with E-state index >= 15 is 0 Å². The van der Waals surface area contributed by atoms with Crippen LogP contribution >= 0.6 is 15.9 Å². The fraction of sp³-hybridized carbons (Fsp3) is 0.448. The molecule has 4 rings (SSSR count). The van der Waals surface area contributed by atoms with Gasteiger partial charge in [0.1, 0.15) is 13.7 Å². The summed E-state index contributed by atoms with van der Waals surface area (Å²) in [5, 5.41) is 0. The van der Waals surface area contributed by atoms with Crippen molar-refractivity contribution in [2.45, 2.75) is 49.6 Å². The van der Waals surface area contributed by atoms with Crippen molar-refractivity contribution >= 4 is 33.9 Å². The van der Waals surface area contributed by atoms with Gasteiger partial charge in [-0.1, -0.05) is 46.3 Å². The van der Waals surface area contributed by atoms with Gasteiger partial charge in [-0.2, -0.15) is 13.2 Å². The molecule has 1 heterocycles. The molecule has 0 aromatic heterocycles. The number of carbonyl (C=O) groups is 2. The third-order valence-electron chi connectivity index (χ3n) is 7.56. The topological polar surface area (TPSA) is 59.4 Å². The maximum Gasteiger partial charge on any atom is 0.416 e. The number of benzene rings is 2. The van der Waals surface area contributed by atoms with Crippen molar-refractivity contribution in [1.82, 2.24) is 4.90 Å². The number of hydrogen-bond donors (Lipinski definition) is 0. The highest BCUT2D eigenvalue weighted by atomic mass is 79.9. The second kappa shape index (κ2) is 12.0. The van der Waals surface area contributed by atoms with Gasteiger partial charge in [0.25, 0.3) is 0 Å². The molecule has 1 N–H and O–H groups in total. The minimum absolute atomic E-state index is 0.0331. The summed E-state index contributed by atoms with van der Waals surface area (Å²) in [5.74, 6) is -0.487. The van der Waals surface area contributed by atoms with E-state index in [9.17, 15) is 22.8 Å². The van der Waals surface area contributed by atoms with Gasteiger partial charge in [-0.25, -0.2) is 0 Å². The summed E-state index contributed by atoms with van der Waals surface area (Å²) in [6.07, 6.45) is 1.21. The van der Waals surface area contributed by atoms with Gasteiger partial charge in [-0.15, -0.1) is 0 Å². The molecule has 1 aliphatic carbocycles. The Morgan fingerprint density at radius 1 is 1.16 bits per heavy atom. The third kappa shape index (κ3) is 6.31. The van der Waals surface area contributed by atoms with Gasteiger partial charge in [-0.05, 0) is 60.1 Å². The van der Waals surface area contributed by atoms with Crippen LogP contribution in [0.25, 0.3) is 6.08 Å². The molecule has 38 heavy (non-hydrogen) atoms. The van der Waals surface area contributed by atoms with Crippen LogP contribution in [0.2, 0.25) is 0 Å². The van der Waals surface area contributed by atoms with Crippen molar-refractivity contribution in [2.24, 2.45) is 0 Å². The van der Waals surface area contributed by atoms with Crippen LogP contribution in [0.5, 0.6) is 0 Å². The number of alkyl halides is 3. The highest BCUT2D eigenvalue weighted by Crippen LogP contribution is 2.55. The average Bonchev–Trinajstić information content (AvgIpc) is 3.18. The fourth-order valence-electron chi connectivity index (χ4n) is 5.75. The molecular formula is C29H32BrF3NO4+. The summed E-state index contributed by atoms with van der Waals surface area (Å²) >= 11 is 3.72. The Labute approximate surface area is 229 Å². The molecule has 1 unspecified atom stereocenters. The molecule has 9 heteroatoms. The molecule has 2 aromatic rings. The minimum Gasteiger partial charge on any atom is -0.465 e. The standard InChI is InChI=1S/C29H31BrF3NO4/c1-37-16-5-17-38-26(36)18-21-19-28(27-22(21)7-4-9-24(27)30)12-14-34(15-13-28)25(35)11-10-20-6-2-3-8-23(20)29(31,32)33/h2-4,6-11,21H,5,12-19H2,1H3/p+1/b11-10+. The smallest absolute Gasteiger partial charge is 0.416 e. The first-order chi connectivity index (χ1) is 18.1. The van der Waals surface area contributed by atoms with Gasteiger partial charge in [0.2, 0.25) is 5.91 Å². The SMILES string of the molecule is C[OH+]CCCOC(=O)CC1CC2(CCN(C(=O)/C=C/c3ccccc3C(F)(F)F)CC2)c2c(Br)cccc21. The number of aliphatic hydroxyl groups is 2. The molecule has 0 radical (unpaired) electrons. The van der Waals surface area contributed by atoms with Gasteiger partial charge in [0, 0.05) is 29.1 Å². The van der Waals surface area contributed by atoms with Crippen molar-refractivity contribution in [3.63, 3.8) is 0 Å². The number of rotatable bonds is 8. The summed E-state index contributed by atoms with van der Waals surface area (Å²) in [4.78, 5) is 27.1. The highest BCUT2D eigenvalue weighted by Gasteiger charge is 2.47. The normalized spacial score (nSPS) is 18.7. The Hall–Kier alpha value is -2.65. The first kappa shape index (κ1) is 28.4. The van der Waals surface area contributed by atoms with Crippen LogP contribution < -0.4 is 0 Å². The Morgan fingerprint density at radius 3 is 2.61 bits per heavy atom. The number of ether oxygens (including phenoxy) is 2. The van der Waals surface area contributed by atoms with Crippen molar-refractivity contribution < 1.29 is 32.2 Å². The molecule has 1 spiro atoms. The third-order valence-corrected chi connectivity index (χ3v) is 8.22. The van der Waals surface area contributed by atoms with E-state index in [-0.39, 0.29) is 28.8 Å². The Balaban J connectivity index is 1.43. The molecule has 5 nitrogen and oxygen atoms in total. The molecule has 2 aromatic carbocycles. The fourth-order valence-corrected chi connectivity index (χ4v) is 6.55. The van der Waals surface area contributed by atoms with E-state index in [4.69, 9.17) is 4.74 Å². The lowest BCUT2D eigenvalue weighted by molar-refractivity contribution is -0.145. The van der Waals surface area contributed by atoms with Crippen LogP contribution in [0.4, 0.5) is 13.2 Å². The quantitative estimate of drug-likeness (QED) is 0.163. The number of piperidine rings is 1.